The predicted molar refractivity (Wildman–Crippen MR) is 58.4 cm³/mol. The van der Waals surface area contributed by atoms with Gasteiger partial charge in [0.15, 0.2) is 0 Å². The topological polar surface area (TPSA) is 57.6 Å². The van der Waals surface area contributed by atoms with Crippen LogP contribution in [-0.2, 0) is 4.79 Å². The number of halogens is 1. The molecule has 1 aliphatic rings. The summed E-state index contributed by atoms with van der Waals surface area (Å²) < 4.78 is 12.8. The molecular weight excluding hydrogens is 225 g/mol. The molecule has 1 aromatic carbocycles. The molecule has 1 fully saturated rings. The second-order valence-electron chi connectivity index (χ2n) is 4.05. The molecule has 90 valence electrons. The monoisotopic (exact) mass is 237 g/mol. The third-order valence-electron chi connectivity index (χ3n) is 2.96. The highest BCUT2D eigenvalue weighted by Crippen LogP contribution is 2.24. The second-order valence-corrected chi connectivity index (χ2v) is 4.05. The molecule has 1 amide bonds. The Kier molecular flexibility index (Phi) is 3.08. The quantitative estimate of drug-likeness (QED) is 0.811. The lowest BCUT2D eigenvalue weighted by Crippen LogP contribution is -2.42. The van der Waals surface area contributed by atoms with E-state index in [2.05, 4.69) is 0 Å². The van der Waals surface area contributed by atoms with Gasteiger partial charge in [0, 0.05) is 19.5 Å². The SMILES string of the molecule is O=C1CCN(C(=O)O)CC1c1ccc(F)cc1. The van der Waals surface area contributed by atoms with E-state index in [1.54, 1.807) is 0 Å². The number of hydrogen-bond acceptors (Lipinski definition) is 2. The first-order valence-corrected chi connectivity index (χ1v) is 5.34. The molecule has 1 saturated heterocycles. The molecule has 0 aliphatic carbocycles. The van der Waals surface area contributed by atoms with Gasteiger partial charge in [-0.15, -0.1) is 0 Å². The number of likely N-dealkylation sites (tertiary alicyclic amines) is 1. The van der Waals surface area contributed by atoms with Crippen molar-refractivity contribution in [3.63, 3.8) is 0 Å². The van der Waals surface area contributed by atoms with Crippen molar-refractivity contribution in [2.24, 2.45) is 0 Å². The number of nitrogens with zero attached hydrogens (tertiary/aromatic N) is 1. The number of carboxylic acid groups (broad SMARTS) is 1. The lowest BCUT2D eigenvalue weighted by atomic mass is 9.89. The predicted octanol–water partition coefficient (Wildman–Crippen LogP) is 1.86. The van der Waals surface area contributed by atoms with Gasteiger partial charge in [0.2, 0.25) is 0 Å². The number of benzene rings is 1. The maximum Gasteiger partial charge on any atom is 0.407 e. The van der Waals surface area contributed by atoms with Gasteiger partial charge in [0.05, 0.1) is 5.92 Å². The van der Waals surface area contributed by atoms with Crippen molar-refractivity contribution < 1.29 is 19.1 Å². The Morgan fingerprint density at radius 1 is 1.35 bits per heavy atom. The lowest BCUT2D eigenvalue weighted by Gasteiger charge is -2.29. The fraction of sp³-hybridized carbons (Fsp3) is 0.333. The zero-order chi connectivity index (χ0) is 12.4. The van der Waals surface area contributed by atoms with Gasteiger partial charge >= 0.3 is 6.09 Å². The summed E-state index contributed by atoms with van der Waals surface area (Å²) >= 11 is 0. The highest BCUT2D eigenvalue weighted by atomic mass is 19.1. The van der Waals surface area contributed by atoms with Crippen molar-refractivity contribution in [3.05, 3.63) is 35.6 Å². The van der Waals surface area contributed by atoms with E-state index < -0.39 is 12.0 Å². The number of rotatable bonds is 1. The minimum atomic E-state index is -1.02. The van der Waals surface area contributed by atoms with Crippen LogP contribution in [0.1, 0.15) is 17.9 Å². The third-order valence-corrected chi connectivity index (χ3v) is 2.96. The van der Waals surface area contributed by atoms with Crippen LogP contribution >= 0.6 is 0 Å². The Hall–Kier alpha value is -1.91. The summed E-state index contributed by atoms with van der Waals surface area (Å²) in [6, 6.07) is 5.62. The fourth-order valence-electron chi connectivity index (χ4n) is 1.99. The van der Waals surface area contributed by atoms with E-state index in [9.17, 15) is 14.0 Å². The van der Waals surface area contributed by atoms with E-state index in [0.29, 0.717) is 5.56 Å². The molecule has 1 atom stereocenters. The standard InChI is InChI=1S/C12H12FNO3/c13-9-3-1-8(2-4-9)10-7-14(12(16)17)6-5-11(10)15/h1-4,10H,5-7H2,(H,16,17). The van der Waals surface area contributed by atoms with E-state index >= 15 is 0 Å². The molecule has 0 spiro atoms. The van der Waals surface area contributed by atoms with Gasteiger partial charge in [-0.25, -0.2) is 9.18 Å². The summed E-state index contributed by atoms with van der Waals surface area (Å²) in [5.41, 5.74) is 0.669. The number of piperidine rings is 1. The van der Waals surface area contributed by atoms with Crippen molar-refractivity contribution in [2.75, 3.05) is 13.1 Å². The maximum atomic E-state index is 12.8. The van der Waals surface area contributed by atoms with Crippen LogP contribution in [0, 0.1) is 5.82 Å². The van der Waals surface area contributed by atoms with E-state index in [-0.39, 0.29) is 31.1 Å². The number of carbonyl (C=O) groups is 2. The van der Waals surface area contributed by atoms with Crippen LogP contribution in [0.2, 0.25) is 0 Å². The average molecular weight is 237 g/mol. The normalized spacial score (nSPS) is 20.4. The first-order valence-electron chi connectivity index (χ1n) is 5.34. The van der Waals surface area contributed by atoms with Crippen molar-refractivity contribution in [1.82, 2.24) is 4.90 Å². The number of amides is 1. The first kappa shape index (κ1) is 11.6. The van der Waals surface area contributed by atoms with Gasteiger partial charge in [-0.2, -0.15) is 0 Å². The third kappa shape index (κ3) is 2.43. The van der Waals surface area contributed by atoms with Crippen molar-refractivity contribution >= 4 is 11.9 Å². The van der Waals surface area contributed by atoms with Crippen LogP contribution < -0.4 is 0 Å². The molecule has 1 aromatic rings. The van der Waals surface area contributed by atoms with Gasteiger partial charge in [-0.3, -0.25) is 4.79 Å². The highest BCUT2D eigenvalue weighted by molar-refractivity contribution is 5.88. The van der Waals surface area contributed by atoms with Crippen LogP contribution in [0.5, 0.6) is 0 Å². The molecule has 2 rings (SSSR count). The summed E-state index contributed by atoms with van der Waals surface area (Å²) in [7, 11) is 0. The minimum absolute atomic E-state index is 0.00843. The Balaban J connectivity index is 2.20. The van der Waals surface area contributed by atoms with Crippen LogP contribution in [-0.4, -0.2) is 35.0 Å². The van der Waals surface area contributed by atoms with E-state index in [1.165, 1.54) is 29.2 Å². The molecule has 17 heavy (non-hydrogen) atoms. The lowest BCUT2D eigenvalue weighted by molar-refractivity contribution is -0.122. The smallest absolute Gasteiger partial charge is 0.407 e. The molecule has 4 nitrogen and oxygen atoms in total. The van der Waals surface area contributed by atoms with Crippen LogP contribution in [0.25, 0.3) is 0 Å². The highest BCUT2D eigenvalue weighted by Gasteiger charge is 2.30. The summed E-state index contributed by atoms with van der Waals surface area (Å²) in [4.78, 5) is 23.8. The Morgan fingerprint density at radius 3 is 2.59 bits per heavy atom. The Morgan fingerprint density at radius 2 is 2.00 bits per heavy atom. The van der Waals surface area contributed by atoms with Crippen molar-refractivity contribution in [1.29, 1.82) is 0 Å². The van der Waals surface area contributed by atoms with E-state index in [1.807, 2.05) is 0 Å². The second kappa shape index (κ2) is 4.53. The van der Waals surface area contributed by atoms with Crippen molar-refractivity contribution in [2.45, 2.75) is 12.3 Å². The van der Waals surface area contributed by atoms with Crippen molar-refractivity contribution in [3.8, 4) is 0 Å². The fourth-order valence-corrected chi connectivity index (χ4v) is 1.99. The van der Waals surface area contributed by atoms with Gasteiger partial charge in [0.1, 0.15) is 11.6 Å². The zero-order valence-corrected chi connectivity index (χ0v) is 9.10. The molecule has 0 bridgehead atoms. The zero-order valence-electron chi connectivity index (χ0n) is 9.10. The maximum absolute atomic E-state index is 12.8. The number of hydrogen-bond donors (Lipinski definition) is 1. The van der Waals surface area contributed by atoms with Crippen LogP contribution in [0.15, 0.2) is 24.3 Å². The minimum Gasteiger partial charge on any atom is -0.465 e. The molecule has 0 aromatic heterocycles. The molecule has 1 unspecified atom stereocenters. The molecule has 0 radical (unpaired) electrons. The van der Waals surface area contributed by atoms with Gasteiger partial charge < -0.3 is 10.0 Å². The first-order chi connectivity index (χ1) is 8.08. The molecule has 0 saturated carbocycles. The van der Waals surface area contributed by atoms with E-state index in [4.69, 9.17) is 5.11 Å². The number of carbonyl (C=O) groups excluding carboxylic acids is 1. The molecule has 5 heteroatoms. The summed E-state index contributed by atoms with van der Waals surface area (Å²) in [5, 5.41) is 8.89. The van der Waals surface area contributed by atoms with E-state index in [0.717, 1.165) is 0 Å². The van der Waals surface area contributed by atoms with Gasteiger partial charge in [-0.05, 0) is 17.7 Å². The molecule has 1 heterocycles. The van der Waals surface area contributed by atoms with Gasteiger partial charge in [0.25, 0.3) is 0 Å². The average Bonchev–Trinajstić information content (AvgIpc) is 2.31. The summed E-state index contributed by atoms with van der Waals surface area (Å²) in [6.45, 7) is 0.395. The number of Topliss-reactive ketones (excluding diaryl/α,β-unsaturated/α-hetero) is 1. The Labute approximate surface area is 97.7 Å². The molecule has 1 aliphatic heterocycles. The number of ketones is 1. The Bertz CT molecular complexity index is 444. The van der Waals surface area contributed by atoms with Gasteiger partial charge in [-0.1, -0.05) is 12.1 Å². The van der Waals surface area contributed by atoms with Crippen LogP contribution in [0.3, 0.4) is 0 Å². The van der Waals surface area contributed by atoms with Crippen LogP contribution in [0.4, 0.5) is 9.18 Å². The summed E-state index contributed by atoms with van der Waals surface area (Å²) in [5.74, 6) is -0.832. The molecular formula is C12H12FNO3. The summed E-state index contributed by atoms with van der Waals surface area (Å²) in [6.07, 6.45) is -0.807. The molecule has 1 N–H and O–H groups in total. The largest absolute Gasteiger partial charge is 0.465 e.